The van der Waals surface area contributed by atoms with Gasteiger partial charge in [0.25, 0.3) is 0 Å². The molecule has 0 N–H and O–H groups in total. The smallest absolute Gasteiger partial charge is 0.410 e. The molecule has 0 saturated carbocycles. The Hall–Kier alpha value is -2.04. The molecule has 1 atom stereocenters. The lowest BCUT2D eigenvalue weighted by molar-refractivity contribution is -0.138. The van der Waals surface area contributed by atoms with Crippen LogP contribution in [0.1, 0.15) is 58.1 Å². The molecule has 2 amide bonds. The topological polar surface area (TPSA) is 49.9 Å². The summed E-state index contributed by atoms with van der Waals surface area (Å²) in [5.41, 5.74) is 1.74. The Labute approximate surface area is 157 Å². The van der Waals surface area contributed by atoms with Crippen molar-refractivity contribution < 1.29 is 14.3 Å². The summed E-state index contributed by atoms with van der Waals surface area (Å²) < 4.78 is 5.52. The molecule has 26 heavy (non-hydrogen) atoms. The van der Waals surface area contributed by atoms with Crippen LogP contribution in [-0.4, -0.2) is 46.5 Å². The fourth-order valence-corrected chi connectivity index (χ4v) is 3.20. The van der Waals surface area contributed by atoms with E-state index in [-0.39, 0.29) is 12.0 Å². The van der Waals surface area contributed by atoms with Crippen molar-refractivity contribution in [2.24, 2.45) is 0 Å². The normalized spacial score (nSPS) is 17.7. The number of nitrogens with zero attached hydrogens (tertiary/aromatic N) is 2. The summed E-state index contributed by atoms with van der Waals surface area (Å²) in [5, 5.41) is 0. The summed E-state index contributed by atoms with van der Waals surface area (Å²) in [6.07, 6.45) is 2.18. The van der Waals surface area contributed by atoms with E-state index in [1.54, 1.807) is 4.90 Å². The number of benzene rings is 1. The average Bonchev–Trinajstić information content (AvgIpc) is 2.59. The lowest BCUT2D eigenvalue weighted by Crippen LogP contribution is -2.53. The summed E-state index contributed by atoms with van der Waals surface area (Å²) in [5.74, 6) is 0.0126. The number of hydrogen-bond acceptors (Lipinski definition) is 3. The Balaban J connectivity index is 2.11. The molecule has 0 bridgehead atoms. The monoisotopic (exact) mass is 360 g/mol. The molecule has 1 aliphatic heterocycles. The van der Waals surface area contributed by atoms with Crippen molar-refractivity contribution in [3.8, 4) is 0 Å². The van der Waals surface area contributed by atoms with Crippen LogP contribution in [0.2, 0.25) is 0 Å². The molecule has 0 spiro atoms. The van der Waals surface area contributed by atoms with Crippen molar-refractivity contribution in [1.82, 2.24) is 9.80 Å². The van der Waals surface area contributed by atoms with E-state index in [0.717, 1.165) is 18.4 Å². The molecule has 1 saturated heterocycles. The van der Waals surface area contributed by atoms with Gasteiger partial charge in [0.2, 0.25) is 5.91 Å². The van der Waals surface area contributed by atoms with Crippen molar-refractivity contribution in [3.05, 3.63) is 35.4 Å². The van der Waals surface area contributed by atoms with Gasteiger partial charge < -0.3 is 9.64 Å². The Morgan fingerprint density at radius 3 is 2.42 bits per heavy atom. The molecule has 1 fully saturated rings. The minimum atomic E-state index is -0.561. The largest absolute Gasteiger partial charge is 0.444 e. The van der Waals surface area contributed by atoms with E-state index in [0.29, 0.717) is 26.1 Å². The number of likely N-dealkylation sites (N-methyl/N-ethyl adjacent to an activating group) is 1. The van der Waals surface area contributed by atoms with E-state index in [1.807, 2.05) is 39.5 Å². The molecule has 1 aliphatic rings. The third-order valence-corrected chi connectivity index (χ3v) is 4.60. The van der Waals surface area contributed by atoms with Gasteiger partial charge in [-0.25, -0.2) is 4.79 Å². The predicted molar refractivity (Wildman–Crippen MR) is 103 cm³/mol. The Bertz CT molecular complexity index is 619. The molecule has 144 valence electrons. The first-order chi connectivity index (χ1) is 12.2. The number of rotatable bonds is 4. The molecular weight excluding hydrogens is 328 g/mol. The van der Waals surface area contributed by atoms with Crippen LogP contribution in [0, 0.1) is 6.92 Å². The van der Waals surface area contributed by atoms with Crippen molar-refractivity contribution >= 4 is 12.0 Å². The third-order valence-electron chi connectivity index (χ3n) is 4.60. The van der Waals surface area contributed by atoms with Gasteiger partial charge in [0.1, 0.15) is 11.6 Å². The molecule has 1 aromatic rings. The molecule has 5 heteroatoms. The van der Waals surface area contributed by atoms with Gasteiger partial charge in [0.05, 0.1) is 0 Å². The number of aryl methyl sites for hydroxylation is 1. The summed E-state index contributed by atoms with van der Waals surface area (Å²) in [7, 11) is 0. The van der Waals surface area contributed by atoms with E-state index in [9.17, 15) is 9.59 Å². The lowest BCUT2D eigenvalue weighted by atomic mass is 10.0. The Kier molecular flexibility index (Phi) is 6.68. The van der Waals surface area contributed by atoms with Crippen LogP contribution in [0.15, 0.2) is 24.3 Å². The standard InChI is InChI=1S/C21H32N2O3/c1-6-22(15-17-12-10-16(2)11-13-17)19(24)18-9-7-8-14-23(18)20(25)26-21(3,4)5/h10-13,18H,6-9,14-15H2,1-5H3/t18-/m0/s1. The van der Waals surface area contributed by atoms with Gasteiger partial charge in [0, 0.05) is 19.6 Å². The quantitative estimate of drug-likeness (QED) is 0.811. The maximum absolute atomic E-state index is 13.2. The highest BCUT2D eigenvalue weighted by molar-refractivity contribution is 5.86. The van der Waals surface area contributed by atoms with Crippen molar-refractivity contribution in [3.63, 3.8) is 0 Å². The van der Waals surface area contributed by atoms with Crippen molar-refractivity contribution in [2.45, 2.75) is 72.1 Å². The highest BCUT2D eigenvalue weighted by Gasteiger charge is 2.36. The molecule has 5 nitrogen and oxygen atoms in total. The first-order valence-electron chi connectivity index (χ1n) is 9.55. The number of hydrogen-bond donors (Lipinski definition) is 0. The van der Waals surface area contributed by atoms with Gasteiger partial charge in [-0.3, -0.25) is 9.69 Å². The molecule has 0 radical (unpaired) electrons. The van der Waals surface area contributed by atoms with Gasteiger partial charge in [-0.2, -0.15) is 0 Å². The molecule has 0 aromatic heterocycles. The van der Waals surface area contributed by atoms with E-state index < -0.39 is 11.6 Å². The highest BCUT2D eigenvalue weighted by Crippen LogP contribution is 2.23. The van der Waals surface area contributed by atoms with Crippen LogP contribution >= 0.6 is 0 Å². The third kappa shape index (κ3) is 5.48. The number of likely N-dealkylation sites (tertiary alicyclic amines) is 1. The van der Waals surface area contributed by atoms with Crippen LogP contribution in [0.4, 0.5) is 4.79 Å². The average molecular weight is 360 g/mol. The Morgan fingerprint density at radius 1 is 1.19 bits per heavy atom. The summed E-state index contributed by atoms with van der Waals surface area (Å²) in [6, 6.07) is 7.79. The van der Waals surface area contributed by atoms with E-state index in [2.05, 4.69) is 24.3 Å². The SMILES string of the molecule is CCN(Cc1ccc(C)cc1)C(=O)[C@@H]1CCCCN1C(=O)OC(C)(C)C. The number of piperidine rings is 1. The van der Waals surface area contributed by atoms with E-state index >= 15 is 0 Å². The summed E-state index contributed by atoms with van der Waals surface area (Å²) >= 11 is 0. The van der Waals surface area contributed by atoms with E-state index in [4.69, 9.17) is 4.74 Å². The van der Waals surface area contributed by atoms with Crippen LogP contribution < -0.4 is 0 Å². The number of amides is 2. The van der Waals surface area contributed by atoms with Crippen molar-refractivity contribution in [2.75, 3.05) is 13.1 Å². The number of ether oxygens (including phenoxy) is 1. The van der Waals surface area contributed by atoms with Gasteiger partial charge >= 0.3 is 6.09 Å². The molecule has 2 rings (SSSR count). The summed E-state index contributed by atoms with van der Waals surface area (Å²) in [4.78, 5) is 29.2. The van der Waals surface area contributed by atoms with Crippen LogP contribution in [0.3, 0.4) is 0 Å². The molecule has 0 unspecified atom stereocenters. The second-order valence-corrected chi connectivity index (χ2v) is 8.02. The highest BCUT2D eigenvalue weighted by atomic mass is 16.6. The maximum Gasteiger partial charge on any atom is 0.410 e. The van der Waals surface area contributed by atoms with Crippen LogP contribution in [0.25, 0.3) is 0 Å². The van der Waals surface area contributed by atoms with E-state index in [1.165, 1.54) is 5.56 Å². The fraction of sp³-hybridized carbons (Fsp3) is 0.619. The fourth-order valence-electron chi connectivity index (χ4n) is 3.20. The second-order valence-electron chi connectivity index (χ2n) is 8.02. The van der Waals surface area contributed by atoms with Gasteiger partial charge in [-0.15, -0.1) is 0 Å². The molecule has 0 aliphatic carbocycles. The number of carbonyl (C=O) groups excluding carboxylic acids is 2. The minimum absolute atomic E-state index is 0.0126. The lowest BCUT2D eigenvalue weighted by Gasteiger charge is -2.38. The zero-order chi connectivity index (χ0) is 19.3. The van der Waals surface area contributed by atoms with Crippen LogP contribution in [-0.2, 0) is 16.1 Å². The van der Waals surface area contributed by atoms with Gasteiger partial charge in [-0.1, -0.05) is 29.8 Å². The van der Waals surface area contributed by atoms with Gasteiger partial charge in [0.15, 0.2) is 0 Å². The van der Waals surface area contributed by atoms with Crippen molar-refractivity contribution in [1.29, 1.82) is 0 Å². The maximum atomic E-state index is 13.2. The summed E-state index contributed by atoms with van der Waals surface area (Å²) in [6.45, 7) is 11.3. The molecule has 1 aromatic carbocycles. The number of carbonyl (C=O) groups is 2. The predicted octanol–water partition coefficient (Wildman–Crippen LogP) is 4.13. The van der Waals surface area contributed by atoms with Crippen LogP contribution in [0.5, 0.6) is 0 Å². The second kappa shape index (κ2) is 8.56. The minimum Gasteiger partial charge on any atom is -0.444 e. The molecule has 1 heterocycles. The Morgan fingerprint density at radius 2 is 1.85 bits per heavy atom. The molecular formula is C21H32N2O3. The van der Waals surface area contributed by atoms with Gasteiger partial charge in [-0.05, 0) is 59.4 Å². The zero-order valence-corrected chi connectivity index (χ0v) is 16.7. The zero-order valence-electron chi connectivity index (χ0n) is 16.7. The first kappa shape index (κ1) is 20.3. The first-order valence-corrected chi connectivity index (χ1v) is 9.55.